The van der Waals surface area contributed by atoms with E-state index in [1.165, 1.54) is 11.1 Å². The predicted octanol–water partition coefficient (Wildman–Crippen LogP) is 1.21. The summed E-state index contributed by atoms with van der Waals surface area (Å²) in [6.45, 7) is 4.20. The zero-order valence-corrected chi connectivity index (χ0v) is 8.61. The van der Waals surface area contributed by atoms with Crippen LogP contribution in [0.4, 0.5) is 10.6 Å². The van der Waals surface area contributed by atoms with Gasteiger partial charge in [0.2, 0.25) is 5.28 Å². The second kappa shape index (κ2) is 3.86. The third kappa shape index (κ3) is 1.78. The first-order valence-electron chi connectivity index (χ1n) is 4.40. The zero-order valence-electron chi connectivity index (χ0n) is 7.85. The van der Waals surface area contributed by atoms with Gasteiger partial charge >= 0.3 is 6.03 Å². The summed E-state index contributed by atoms with van der Waals surface area (Å²) in [5.41, 5.74) is 0. The largest absolute Gasteiger partial charge is 0.335 e. The van der Waals surface area contributed by atoms with Crippen molar-refractivity contribution in [2.75, 3.05) is 11.4 Å². The van der Waals surface area contributed by atoms with Crippen LogP contribution < -0.4 is 10.2 Å². The number of nitrogens with zero attached hydrogens (tertiary/aromatic N) is 3. The Kier molecular flexibility index (Phi) is 2.55. The van der Waals surface area contributed by atoms with Crippen LogP contribution in [0.1, 0.15) is 0 Å². The average Bonchev–Trinajstić information content (AvgIpc) is 2.59. The van der Waals surface area contributed by atoms with Gasteiger partial charge in [-0.25, -0.2) is 14.8 Å². The van der Waals surface area contributed by atoms with Gasteiger partial charge in [0.05, 0.1) is 6.04 Å². The molecule has 0 bridgehead atoms. The molecule has 0 unspecified atom stereocenters. The van der Waals surface area contributed by atoms with Crippen molar-refractivity contribution in [1.82, 2.24) is 15.3 Å². The van der Waals surface area contributed by atoms with E-state index in [9.17, 15) is 4.79 Å². The van der Waals surface area contributed by atoms with Gasteiger partial charge in [-0.2, -0.15) is 0 Å². The van der Waals surface area contributed by atoms with E-state index < -0.39 is 0 Å². The van der Waals surface area contributed by atoms with Crippen LogP contribution in [0, 0.1) is 0 Å². The van der Waals surface area contributed by atoms with Crippen LogP contribution in [-0.4, -0.2) is 28.6 Å². The number of amides is 2. The van der Waals surface area contributed by atoms with E-state index in [4.69, 9.17) is 11.6 Å². The number of carbonyl (C=O) groups excluding carboxylic acids is 1. The first-order valence-corrected chi connectivity index (χ1v) is 4.78. The Hall–Kier alpha value is -1.62. The number of aromatic nitrogens is 2. The van der Waals surface area contributed by atoms with Crippen LogP contribution in [-0.2, 0) is 0 Å². The molecule has 1 saturated heterocycles. The van der Waals surface area contributed by atoms with Crippen LogP contribution >= 0.6 is 11.6 Å². The lowest BCUT2D eigenvalue weighted by molar-refractivity contribution is 0.252. The SMILES string of the molecule is C=C[C@H]1CNC(=O)N1c1ccnc(Cl)n1. The molecule has 1 aliphatic heterocycles. The van der Waals surface area contributed by atoms with Crippen LogP contribution in [0.15, 0.2) is 24.9 Å². The van der Waals surface area contributed by atoms with E-state index in [0.29, 0.717) is 12.4 Å². The molecule has 1 atom stereocenters. The molecule has 0 aromatic carbocycles. The van der Waals surface area contributed by atoms with Crippen LogP contribution in [0.3, 0.4) is 0 Å². The van der Waals surface area contributed by atoms with Gasteiger partial charge in [0.25, 0.3) is 0 Å². The van der Waals surface area contributed by atoms with Crippen molar-refractivity contribution in [2.24, 2.45) is 0 Å². The highest BCUT2D eigenvalue weighted by Crippen LogP contribution is 2.19. The smallest absolute Gasteiger partial charge is 0.323 e. The maximum atomic E-state index is 11.5. The highest BCUT2D eigenvalue weighted by molar-refractivity contribution is 6.28. The fourth-order valence-electron chi connectivity index (χ4n) is 1.44. The molecule has 0 spiro atoms. The first-order chi connectivity index (χ1) is 7.22. The molecule has 78 valence electrons. The van der Waals surface area contributed by atoms with Crippen LogP contribution in [0.25, 0.3) is 0 Å². The average molecular weight is 225 g/mol. The summed E-state index contributed by atoms with van der Waals surface area (Å²) in [5, 5.41) is 2.82. The molecule has 1 N–H and O–H groups in total. The number of urea groups is 1. The lowest BCUT2D eigenvalue weighted by Crippen LogP contribution is -2.33. The number of hydrogen-bond acceptors (Lipinski definition) is 3. The Labute approximate surface area is 91.8 Å². The van der Waals surface area contributed by atoms with Crippen molar-refractivity contribution in [3.63, 3.8) is 0 Å². The van der Waals surface area contributed by atoms with E-state index in [1.807, 2.05) is 0 Å². The Morgan fingerprint density at radius 2 is 2.53 bits per heavy atom. The minimum absolute atomic E-state index is 0.0940. The molecular formula is C9H9ClN4O. The van der Waals surface area contributed by atoms with E-state index in [0.717, 1.165) is 0 Å². The Balaban J connectivity index is 2.36. The molecule has 0 aliphatic carbocycles. The van der Waals surface area contributed by atoms with Gasteiger partial charge in [0.15, 0.2) is 0 Å². The maximum Gasteiger partial charge on any atom is 0.323 e. The third-order valence-corrected chi connectivity index (χ3v) is 2.33. The summed E-state index contributed by atoms with van der Waals surface area (Å²) in [7, 11) is 0. The maximum absolute atomic E-state index is 11.5. The zero-order chi connectivity index (χ0) is 10.8. The van der Waals surface area contributed by atoms with Gasteiger partial charge in [-0.3, -0.25) is 4.90 Å². The van der Waals surface area contributed by atoms with Crippen LogP contribution in [0.2, 0.25) is 5.28 Å². The molecule has 1 aromatic heterocycles. The van der Waals surface area contributed by atoms with Crippen molar-refractivity contribution < 1.29 is 4.79 Å². The van der Waals surface area contributed by atoms with Crippen molar-refractivity contribution in [2.45, 2.75) is 6.04 Å². The fourth-order valence-corrected chi connectivity index (χ4v) is 1.58. The topological polar surface area (TPSA) is 58.1 Å². The lowest BCUT2D eigenvalue weighted by atomic mass is 10.3. The molecule has 1 fully saturated rings. The Bertz CT molecular complexity index is 409. The van der Waals surface area contributed by atoms with Crippen molar-refractivity contribution in [1.29, 1.82) is 0 Å². The summed E-state index contributed by atoms with van der Waals surface area (Å²) in [4.78, 5) is 20.8. The predicted molar refractivity (Wildman–Crippen MR) is 56.9 cm³/mol. The number of carbonyl (C=O) groups is 1. The summed E-state index contributed by atoms with van der Waals surface area (Å²) >= 11 is 5.66. The van der Waals surface area contributed by atoms with Gasteiger partial charge < -0.3 is 5.32 Å². The number of anilines is 1. The second-order valence-corrected chi connectivity index (χ2v) is 3.38. The monoisotopic (exact) mass is 224 g/mol. The Morgan fingerprint density at radius 1 is 1.73 bits per heavy atom. The molecule has 0 saturated carbocycles. The van der Waals surface area contributed by atoms with E-state index in [-0.39, 0.29) is 17.4 Å². The molecule has 2 heterocycles. The van der Waals surface area contributed by atoms with Gasteiger partial charge in [0, 0.05) is 12.7 Å². The lowest BCUT2D eigenvalue weighted by Gasteiger charge is -2.18. The van der Waals surface area contributed by atoms with E-state index in [2.05, 4.69) is 21.9 Å². The summed E-state index contributed by atoms with van der Waals surface area (Å²) in [6.07, 6.45) is 3.20. The standard InChI is InChI=1S/C9H9ClN4O/c1-2-6-5-12-9(15)14(6)7-3-4-11-8(10)13-7/h2-4,6H,1,5H2,(H,12,15)/t6-/m0/s1. The molecule has 0 radical (unpaired) electrons. The van der Waals surface area contributed by atoms with Gasteiger partial charge in [-0.15, -0.1) is 6.58 Å². The highest BCUT2D eigenvalue weighted by Gasteiger charge is 2.30. The summed E-state index contributed by atoms with van der Waals surface area (Å²) in [5.74, 6) is 0.481. The number of nitrogens with one attached hydrogen (secondary N) is 1. The third-order valence-electron chi connectivity index (χ3n) is 2.14. The molecule has 5 nitrogen and oxygen atoms in total. The quantitative estimate of drug-likeness (QED) is 0.607. The normalized spacial score (nSPS) is 20.2. The van der Waals surface area contributed by atoms with Crippen molar-refractivity contribution in [3.8, 4) is 0 Å². The molecular weight excluding hydrogens is 216 g/mol. The molecule has 15 heavy (non-hydrogen) atoms. The minimum Gasteiger partial charge on any atom is -0.335 e. The van der Waals surface area contributed by atoms with Gasteiger partial charge in [0.1, 0.15) is 5.82 Å². The highest BCUT2D eigenvalue weighted by atomic mass is 35.5. The second-order valence-electron chi connectivity index (χ2n) is 3.04. The first kappa shape index (κ1) is 9.92. The van der Waals surface area contributed by atoms with Crippen LogP contribution in [0.5, 0.6) is 0 Å². The van der Waals surface area contributed by atoms with Gasteiger partial charge in [-0.05, 0) is 17.7 Å². The summed E-state index contributed by atoms with van der Waals surface area (Å²) < 4.78 is 0. The van der Waals surface area contributed by atoms with Crippen molar-refractivity contribution >= 4 is 23.4 Å². The Morgan fingerprint density at radius 3 is 3.20 bits per heavy atom. The number of hydrogen-bond donors (Lipinski definition) is 1. The molecule has 2 amide bonds. The number of halogens is 1. The van der Waals surface area contributed by atoms with E-state index >= 15 is 0 Å². The fraction of sp³-hybridized carbons (Fsp3) is 0.222. The van der Waals surface area contributed by atoms with Gasteiger partial charge in [-0.1, -0.05) is 6.08 Å². The molecule has 6 heteroatoms. The number of rotatable bonds is 2. The molecule has 1 aliphatic rings. The van der Waals surface area contributed by atoms with Crippen molar-refractivity contribution in [3.05, 3.63) is 30.2 Å². The molecule has 2 rings (SSSR count). The van der Waals surface area contributed by atoms with E-state index in [1.54, 1.807) is 12.1 Å². The summed E-state index contributed by atoms with van der Waals surface area (Å²) in [6, 6.07) is 1.34. The molecule has 1 aromatic rings. The minimum atomic E-state index is -0.199.